The summed E-state index contributed by atoms with van der Waals surface area (Å²) < 4.78 is 38.5. The highest BCUT2D eigenvalue weighted by Gasteiger charge is 2.17. The van der Waals surface area contributed by atoms with E-state index < -0.39 is 10.0 Å². The van der Waals surface area contributed by atoms with Crippen molar-refractivity contribution in [1.82, 2.24) is 0 Å². The van der Waals surface area contributed by atoms with Crippen LogP contribution >= 0.6 is 0 Å². The summed E-state index contributed by atoms with van der Waals surface area (Å²) in [5, 5.41) is 2.79. The second kappa shape index (κ2) is 10.2. The first-order valence-corrected chi connectivity index (χ1v) is 11.5. The molecule has 7 nitrogen and oxygen atoms in total. The first-order valence-electron chi connectivity index (χ1n) is 10.0. The lowest BCUT2D eigenvalue weighted by atomic mass is 10.1. The second-order valence-electron chi connectivity index (χ2n) is 7.23. The maximum Gasteiger partial charge on any atom is 0.262 e. The summed E-state index contributed by atoms with van der Waals surface area (Å²) in [5.74, 6) is 0.722. The van der Waals surface area contributed by atoms with Gasteiger partial charge in [0.05, 0.1) is 24.8 Å². The van der Waals surface area contributed by atoms with E-state index in [2.05, 4.69) is 10.0 Å². The van der Waals surface area contributed by atoms with Crippen LogP contribution in [-0.4, -0.2) is 28.5 Å². The molecule has 3 aromatic carbocycles. The Kier molecular flexibility index (Phi) is 7.37. The van der Waals surface area contributed by atoms with E-state index in [1.807, 2.05) is 31.2 Å². The number of carbonyl (C=O) groups excluding carboxylic acids is 1. The molecule has 0 atom stereocenters. The molecule has 0 heterocycles. The van der Waals surface area contributed by atoms with Crippen LogP contribution in [0.2, 0.25) is 0 Å². The van der Waals surface area contributed by atoms with E-state index in [1.54, 1.807) is 30.3 Å². The number of hydrogen-bond donors (Lipinski definition) is 2. The Morgan fingerprint density at radius 2 is 1.59 bits per heavy atom. The lowest BCUT2D eigenvalue weighted by Crippen LogP contribution is -2.15. The number of methoxy groups -OCH3 is 2. The molecule has 32 heavy (non-hydrogen) atoms. The Balaban J connectivity index is 1.64. The van der Waals surface area contributed by atoms with Crippen molar-refractivity contribution in [3.05, 3.63) is 77.9 Å². The van der Waals surface area contributed by atoms with Crippen molar-refractivity contribution in [2.24, 2.45) is 0 Å². The number of aryl methyl sites for hydroxylation is 2. The number of benzene rings is 3. The molecular weight excluding hydrogens is 428 g/mol. The van der Waals surface area contributed by atoms with E-state index in [0.29, 0.717) is 30.0 Å². The average molecular weight is 455 g/mol. The summed E-state index contributed by atoms with van der Waals surface area (Å²) in [4.78, 5) is 12.3. The molecule has 0 radical (unpaired) electrons. The fourth-order valence-electron chi connectivity index (χ4n) is 3.05. The van der Waals surface area contributed by atoms with Crippen molar-refractivity contribution >= 4 is 27.3 Å². The SMILES string of the molecule is COc1ccc(OC)c(NS(=O)(=O)c2ccc(NC(=O)CCc3ccc(C)cc3)cc2)c1. The van der Waals surface area contributed by atoms with Gasteiger partial charge in [0.15, 0.2) is 0 Å². The third kappa shape index (κ3) is 6.01. The molecule has 3 aromatic rings. The molecule has 8 heteroatoms. The number of hydrogen-bond acceptors (Lipinski definition) is 5. The zero-order valence-electron chi connectivity index (χ0n) is 18.2. The van der Waals surface area contributed by atoms with E-state index in [1.165, 1.54) is 31.9 Å². The van der Waals surface area contributed by atoms with Crippen LogP contribution in [-0.2, 0) is 21.2 Å². The normalized spacial score (nSPS) is 11.0. The van der Waals surface area contributed by atoms with Crippen molar-refractivity contribution in [2.75, 3.05) is 24.3 Å². The molecule has 2 N–H and O–H groups in total. The molecule has 0 saturated carbocycles. The van der Waals surface area contributed by atoms with Gasteiger partial charge in [-0.15, -0.1) is 0 Å². The Bertz CT molecular complexity index is 1170. The summed E-state index contributed by atoms with van der Waals surface area (Å²) in [5.41, 5.74) is 3.05. The van der Waals surface area contributed by atoms with E-state index in [4.69, 9.17) is 9.47 Å². The molecule has 0 bridgehead atoms. The maximum absolute atomic E-state index is 12.8. The van der Waals surface area contributed by atoms with Crippen molar-refractivity contribution in [1.29, 1.82) is 0 Å². The van der Waals surface area contributed by atoms with E-state index >= 15 is 0 Å². The number of nitrogens with one attached hydrogen (secondary N) is 2. The van der Waals surface area contributed by atoms with Crippen LogP contribution in [0.5, 0.6) is 11.5 Å². The molecule has 0 aromatic heterocycles. The lowest BCUT2D eigenvalue weighted by Gasteiger charge is -2.13. The zero-order chi connectivity index (χ0) is 23.1. The largest absolute Gasteiger partial charge is 0.497 e. The number of carbonyl (C=O) groups is 1. The van der Waals surface area contributed by atoms with Gasteiger partial charge in [0.1, 0.15) is 11.5 Å². The van der Waals surface area contributed by atoms with E-state index in [-0.39, 0.29) is 16.5 Å². The van der Waals surface area contributed by atoms with Crippen LogP contribution in [0.4, 0.5) is 11.4 Å². The minimum Gasteiger partial charge on any atom is -0.497 e. The van der Waals surface area contributed by atoms with Crippen LogP contribution in [0.15, 0.2) is 71.6 Å². The fourth-order valence-corrected chi connectivity index (χ4v) is 4.11. The minimum atomic E-state index is -3.86. The van der Waals surface area contributed by atoms with Crippen molar-refractivity contribution in [2.45, 2.75) is 24.7 Å². The summed E-state index contributed by atoms with van der Waals surface area (Å²) >= 11 is 0. The molecular formula is C24H26N2O5S. The third-order valence-electron chi connectivity index (χ3n) is 4.86. The van der Waals surface area contributed by atoms with Gasteiger partial charge in [-0.1, -0.05) is 29.8 Å². The Hall–Kier alpha value is -3.52. The smallest absolute Gasteiger partial charge is 0.262 e. The van der Waals surface area contributed by atoms with Crippen LogP contribution in [0, 0.1) is 6.92 Å². The van der Waals surface area contributed by atoms with E-state index in [9.17, 15) is 13.2 Å². The summed E-state index contributed by atoms with van der Waals surface area (Å²) in [6.45, 7) is 2.02. The zero-order valence-corrected chi connectivity index (χ0v) is 19.0. The molecule has 0 aliphatic carbocycles. The van der Waals surface area contributed by atoms with Crippen molar-refractivity contribution in [3.8, 4) is 11.5 Å². The maximum atomic E-state index is 12.8. The Labute approximate surface area is 188 Å². The number of amides is 1. The van der Waals surface area contributed by atoms with Crippen LogP contribution in [0.1, 0.15) is 17.5 Å². The highest BCUT2D eigenvalue weighted by atomic mass is 32.2. The van der Waals surface area contributed by atoms with Crippen LogP contribution in [0.25, 0.3) is 0 Å². The van der Waals surface area contributed by atoms with Crippen molar-refractivity contribution < 1.29 is 22.7 Å². The highest BCUT2D eigenvalue weighted by Crippen LogP contribution is 2.31. The highest BCUT2D eigenvalue weighted by molar-refractivity contribution is 7.92. The standard InChI is InChI=1S/C24H26N2O5S/c1-17-4-6-18(7-5-17)8-15-24(27)25-19-9-12-21(13-10-19)32(28,29)26-22-16-20(30-2)11-14-23(22)31-3/h4-7,9-14,16,26H,8,15H2,1-3H3,(H,25,27). The molecule has 0 spiro atoms. The summed E-state index contributed by atoms with van der Waals surface area (Å²) in [6.07, 6.45) is 0.963. The first kappa shape index (κ1) is 23.1. The minimum absolute atomic E-state index is 0.0556. The van der Waals surface area contributed by atoms with E-state index in [0.717, 1.165) is 5.56 Å². The molecule has 0 aliphatic rings. The predicted octanol–water partition coefficient (Wildman–Crippen LogP) is 4.38. The van der Waals surface area contributed by atoms with Crippen LogP contribution < -0.4 is 19.5 Å². The third-order valence-corrected chi connectivity index (χ3v) is 6.24. The summed E-state index contributed by atoms with van der Waals surface area (Å²) in [7, 11) is -0.916. The second-order valence-corrected chi connectivity index (χ2v) is 8.91. The predicted molar refractivity (Wildman–Crippen MR) is 125 cm³/mol. The molecule has 0 saturated heterocycles. The molecule has 0 fully saturated rings. The topological polar surface area (TPSA) is 93.7 Å². The lowest BCUT2D eigenvalue weighted by molar-refractivity contribution is -0.116. The van der Waals surface area contributed by atoms with Gasteiger partial charge < -0.3 is 14.8 Å². The summed E-state index contributed by atoms with van der Waals surface area (Å²) in [6, 6.07) is 18.9. The molecule has 168 valence electrons. The fraction of sp³-hybridized carbons (Fsp3) is 0.208. The van der Waals surface area contributed by atoms with Gasteiger partial charge in [-0.3, -0.25) is 9.52 Å². The number of sulfonamides is 1. The molecule has 0 unspecified atom stereocenters. The monoisotopic (exact) mass is 454 g/mol. The number of anilines is 2. The van der Waals surface area contributed by atoms with Gasteiger partial charge >= 0.3 is 0 Å². The van der Waals surface area contributed by atoms with Gasteiger partial charge in [0.25, 0.3) is 10.0 Å². The van der Waals surface area contributed by atoms with Crippen LogP contribution in [0.3, 0.4) is 0 Å². The first-order chi connectivity index (χ1) is 15.3. The molecule has 0 aliphatic heterocycles. The van der Waals surface area contributed by atoms with Gasteiger partial charge in [0.2, 0.25) is 5.91 Å². The van der Waals surface area contributed by atoms with Crippen molar-refractivity contribution in [3.63, 3.8) is 0 Å². The van der Waals surface area contributed by atoms with Gasteiger partial charge in [-0.2, -0.15) is 0 Å². The van der Waals surface area contributed by atoms with Gasteiger partial charge in [-0.05, 0) is 55.3 Å². The average Bonchev–Trinajstić information content (AvgIpc) is 2.78. The van der Waals surface area contributed by atoms with Gasteiger partial charge in [-0.25, -0.2) is 8.42 Å². The quantitative estimate of drug-likeness (QED) is 0.500. The van der Waals surface area contributed by atoms with Gasteiger partial charge in [0, 0.05) is 18.2 Å². The number of ether oxygens (including phenoxy) is 2. The Morgan fingerprint density at radius 3 is 2.22 bits per heavy atom. The Morgan fingerprint density at radius 1 is 0.906 bits per heavy atom. The molecule has 3 rings (SSSR count). The number of rotatable bonds is 9. The molecule has 1 amide bonds.